The second-order valence-electron chi connectivity index (χ2n) is 18.5. The van der Waals surface area contributed by atoms with Crippen LogP contribution in [-0.2, 0) is 25.6 Å². The Morgan fingerprint density at radius 1 is 0.873 bits per heavy atom. The lowest BCUT2D eigenvalue weighted by Gasteiger charge is -2.32. The van der Waals surface area contributed by atoms with Gasteiger partial charge < -0.3 is 63.3 Å². The second-order valence-corrected chi connectivity index (χ2v) is 18.5. The van der Waals surface area contributed by atoms with E-state index in [1.165, 1.54) is 18.9 Å². The largest absolute Gasteiger partial charge is 0.494 e. The molecule has 0 spiro atoms. The van der Waals surface area contributed by atoms with Crippen molar-refractivity contribution in [1.29, 1.82) is 5.26 Å². The maximum Gasteiger partial charge on any atom is 0.257 e. The van der Waals surface area contributed by atoms with E-state index in [4.69, 9.17) is 37.1 Å². The standard InChI is InChI=1S/C51H68N12O8/c1-30-42(44(56)62-45(58-30)33-10-13-35(14-11-33)69-26-18-51(3,4)5)48(66)60-38(17-21-54)50(68)63(6)43-34-12-16-41(71-25-8-20-53)37(29-34)36-27-32(9-15-40(36)70-24-7-19-52)28-39(47(65)57-23-22-55)61-46(64)31(2)59-49(43)67/h9-16,27,29,31,38-39,43H,7-8,17-21,23-26,28,52-54H2,1-6H3,(H,57,65)(H,59,67)(H,60,66)(H,61,64)(H2,56,58,62)/t31-,38-,39-,43-/m0/s1. The molecule has 71 heavy (non-hydrogen) atoms. The van der Waals surface area contributed by atoms with E-state index < -0.39 is 53.7 Å². The number of benzene rings is 3. The topological polar surface area (TPSA) is 318 Å². The molecular weight excluding hydrogens is 909 g/mol. The van der Waals surface area contributed by atoms with Crippen LogP contribution < -0.4 is 58.4 Å². The molecule has 0 aliphatic carbocycles. The number of amides is 5. The first-order chi connectivity index (χ1) is 33.9. The minimum Gasteiger partial charge on any atom is -0.494 e. The summed E-state index contributed by atoms with van der Waals surface area (Å²) in [7, 11) is 1.40. The summed E-state index contributed by atoms with van der Waals surface area (Å²) < 4.78 is 18.4. The smallest absolute Gasteiger partial charge is 0.257 e. The molecule has 2 heterocycles. The summed E-state index contributed by atoms with van der Waals surface area (Å²) in [6.45, 7) is 10.9. The van der Waals surface area contributed by atoms with Crippen LogP contribution in [0.1, 0.15) is 86.6 Å². The Kier molecular flexibility index (Phi) is 19.6. The number of nitrogens with two attached hydrogens (primary N) is 4. The van der Waals surface area contributed by atoms with Gasteiger partial charge in [-0.1, -0.05) is 32.9 Å². The predicted octanol–water partition coefficient (Wildman–Crippen LogP) is 2.80. The van der Waals surface area contributed by atoms with Crippen LogP contribution in [0, 0.1) is 23.7 Å². The maximum atomic E-state index is 14.8. The van der Waals surface area contributed by atoms with E-state index in [-0.39, 0.29) is 67.5 Å². The van der Waals surface area contributed by atoms with Crippen LogP contribution in [0.2, 0.25) is 0 Å². The van der Waals surface area contributed by atoms with Gasteiger partial charge in [-0.2, -0.15) is 5.26 Å². The van der Waals surface area contributed by atoms with Crippen LogP contribution in [0.5, 0.6) is 17.2 Å². The number of carbonyl (C=O) groups excluding carboxylic acids is 5. The van der Waals surface area contributed by atoms with Crippen molar-refractivity contribution in [3.8, 4) is 45.8 Å². The number of ether oxygens (including phenoxy) is 3. The number of nitriles is 1. The van der Waals surface area contributed by atoms with E-state index in [0.29, 0.717) is 77.6 Å². The lowest BCUT2D eigenvalue weighted by atomic mass is 9.93. The van der Waals surface area contributed by atoms with Gasteiger partial charge in [0.15, 0.2) is 5.82 Å². The molecule has 4 atom stereocenters. The number of aromatic nitrogens is 2. The average Bonchev–Trinajstić information content (AvgIpc) is 3.32. The molecule has 1 aliphatic rings. The summed E-state index contributed by atoms with van der Waals surface area (Å²) >= 11 is 0. The number of likely N-dealkylation sites (N-methyl/N-ethyl adjacent to an activating group) is 1. The summed E-state index contributed by atoms with van der Waals surface area (Å²) in [6.07, 6.45) is 1.89. The lowest BCUT2D eigenvalue weighted by molar-refractivity contribution is -0.141. The second kappa shape index (κ2) is 25.5. The first-order valence-corrected chi connectivity index (χ1v) is 23.7. The van der Waals surface area contributed by atoms with Crippen LogP contribution in [-0.4, -0.2) is 116 Å². The molecule has 0 fully saturated rings. The Bertz CT molecular complexity index is 2540. The highest BCUT2D eigenvalue weighted by atomic mass is 16.5. The zero-order chi connectivity index (χ0) is 51.8. The van der Waals surface area contributed by atoms with Crippen LogP contribution in [0.15, 0.2) is 60.7 Å². The highest BCUT2D eigenvalue weighted by Gasteiger charge is 2.36. The van der Waals surface area contributed by atoms with E-state index >= 15 is 0 Å². The number of nitrogens with zero attached hydrogens (tertiary/aromatic N) is 4. The molecule has 1 aliphatic heterocycles. The predicted molar refractivity (Wildman–Crippen MR) is 269 cm³/mol. The lowest BCUT2D eigenvalue weighted by Crippen LogP contribution is -2.56. The quantitative estimate of drug-likeness (QED) is 0.0466. The van der Waals surface area contributed by atoms with Gasteiger partial charge in [0.25, 0.3) is 5.91 Å². The fraction of sp³-hybridized carbons (Fsp3) is 0.451. The summed E-state index contributed by atoms with van der Waals surface area (Å²) in [5.74, 6) is -1.88. The van der Waals surface area contributed by atoms with Crippen LogP contribution in [0.4, 0.5) is 5.82 Å². The molecule has 380 valence electrons. The number of nitrogens with one attached hydrogen (secondary N) is 4. The van der Waals surface area contributed by atoms with Gasteiger partial charge in [-0.3, -0.25) is 24.0 Å². The van der Waals surface area contributed by atoms with Gasteiger partial charge in [-0.15, -0.1) is 0 Å². The van der Waals surface area contributed by atoms with Crippen LogP contribution in [0.25, 0.3) is 22.5 Å². The van der Waals surface area contributed by atoms with Crippen molar-refractivity contribution in [2.24, 2.45) is 22.6 Å². The molecule has 1 aromatic heterocycles. The number of hydrogen-bond donors (Lipinski definition) is 8. The molecule has 0 saturated heterocycles. The minimum atomic E-state index is -1.43. The Hall–Kier alpha value is -7.34. The Morgan fingerprint density at radius 3 is 2.13 bits per heavy atom. The molecule has 20 nitrogen and oxygen atoms in total. The third-order valence-corrected chi connectivity index (χ3v) is 11.7. The average molecular weight is 977 g/mol. The Morgan fingerprint density at radius 2 is 1.52 bits per heavy atom. The summed E-state index contributed by atoms with van der Waals surface area (Å²) in [5.41, 5.74) is 27.0. The normalized spacial score (nSPS) is 16.3. The summed E-state index contributed by atoms with van der Waals surface area (Å²) in [6, 6.07) is 14.2. The van der Waals surface area contributed by atoms with Crippen molar-refractivity contribution >= 4 is 35.4 Å². The van der Waals surface area contributed by atoms with Crippen molar-refractivity contribution in [3.63, 3.8) is 0 Å². The van der Waals surface area contributed by atoms with Crippen molar-refractivity contribution in [3.05, 3.63) is 83.0 Å². The molecule has 0 radical (unpaired) electrons. The summed E-state index contributed by atoms with van der Waals surface area (Å²) in [4.78, 5) is 81.0. The molecule has 3 aromatic carbocycles. The van der Waals surface area contributed by atoms with Crippen LogP contribution >= 0.6 is 0 Å². The number of aryl methyl sites for hydroxylation is 1. The highest BCUT2D eigenvalue weighted by molar-refractivity contribution is 6.02. The molecule has 0 unspecified atom stereocenters. The third kappa shape index (κ3) is 14.8. The van der Waals surface area contributed by atoms with E-state index in [1.54, 1.807) is 55.5 Å². The maximum absolute atomic E-state index is 14.8. The molecule has 0 saturated carbocycles. The van der Waals surface area contributed by atoms with E-state index in [0.717, 1.165) is 6.42 Å². The molecule has 12 N–H and O–H groups in total. The number of anilines is 1. The van der Waals surface area contributed by atoms with Gasteiger partial charge in [0.2, 0.25) is 23.6 Å². The molecular formula is C51H68N12O8. The number of fused-ring (bicyclic) bond motifs is 5. The van der Waals surface area contributed by atoms with Crippen LogP contribution in [0.3, 0.4) is 0 Å². The van der Waals surface area contributed by atoms with Gasteiger partial charge in [-0.05, 0) is 124 Å². The minimum absolute atomic E-state index is 0.000151. The molecule has 4 bridgehead atoms. The van der Waals surface area contributed by atoms with Crippen molar-refractivity contribution in [2.75, 3.05) is 58.8 Å². The first kappa shape index (κ1) is 54.6. The monoisotopic (exact) mass is 977 g/mol. The number of rotatable bonds is 20. The van der Waals surface area contributed by atoms with E-state index in [2.05, 4.69) is 52.0 Å². The molecule has 4 aromatic rings. The number of hydrogen-bond acceptors (Lipinski definition) is 15. The molecule has 5 rings (SSSR count). The number of carbonyl (C=O) groups is 5. The van der Waals surface area contributed by atoms with Crippen molar-refractivity contribution in [1.82, 2.24) is 36.1 Å². The first-order valence-electron chi connectivity index (χ1n) is 23.7. The van der Waals surface area contributed by atoms with Crippen molar-refractivity contribution < 1.29 is 38.2 Å². The zero-order valence-corrected chi connectivity index (χ0v) is 41.4. The zero-order valence-electron chi connectivity index (χ0n) is 41.4. The molecule has 20 heteroatoms. The highest BCUT2D eigenvalue weighted by Crippen LogP contribution is 2.40. The van der Waals surface area contributed by atoms with Gasteiger partial charge in [-0.25, -0.2) is 9.97 Å². The SMILES string of the molecule is Cc1nc(-c2ccc(OCCC(C)(C)C)cc2)nc(N)c1C(=O)N[C@@H](CCN)C(=O)N(C)[C@@H]1C(=O)N[C@@H](C)C(=O)N[C@H](C(=O)NCC#N)Cc2ccc(OCCCN)c(c2)-c2cc1ccc2OCCCN. The van der Waals surface area contributed by atoms with Gasteiger partial charge in [0.05, 0.1) is 31.6 Å². The Balaban J connectivity index is 1.53. The van der Waals surface area contributed by atoms with E-state index in [9.17, 15) is 29.2 Å². The van der Waals surface area contributed by atoms with Gasteiger partial charge >= 0.3 is 0 Å². The van der Waals surface area contributed by atoms with Gasteiger partial charge in [0, 0.05) is 30.2 Å². The van der Waals surface area contributed by atoms with E-state index in [1.807, 2.05) is 18.2 Å². The Labute approximate surface area is 414 Å². The van der Waals surface area contributed by atoms with Crippen molar-refractivity contribution in [2.45, 2.75) is 90.9 Å². The fourth-order valence-corrected chi connectivity index (χ4v) is 7.73. The summed E-state index contributed by atoms with van der Waals surface area (Å²) in [5, 5.41) is 19.9. The third-order valence-electron chi connectivity index (χ3n) is 11.7. The molecule has 5 amide bonds. The fourth-order valence-electron chi connectivity index (χ4n) is 7.73. The number of nitrogen functional groups attached to an aromatic ring is 1. The van der Waals surface area contributed by atoms with Gasteiger partial charge in [0.1, 0.15) is 59.3 Å².